The Hall–Kier alpha value is -4.28. The molecule has 0 radical (unpaired) electrons. The van der Waals surface area contributed by atoms with E-state index in [1.54, 1.807) is 32.0 Å². The van der Waals surface area contributed by atoms with E-state index in [4.69, 9.17) is 23.7 Å². The van der Waals surface area contributed by atoms with Crippen molar-refractivity contribution in [3.05, 3.63) is 88.8 Å². The molecule has 0 spiro atoms. The number of methoxy groups -OCH3 is 3. The first-order valence-electron chi connectivity index (χ1n) is 13.2. The van der Waals surface area contributed by atoms with Crippen LogP contribution in [0.1, 0.15) is 25.3 Å². The molecule has 1 aliphatic rings. The number of hydrogen-bond donors (Lipinski definition) is 3. The minimum atomic E-state index is -0.813. The van der Waals surface area contributed by atoms with E-state index in [1.807, 2.05) is 42.5 Å². The lowest BCUT2D eigenvalue weighted by Crippen LogP contribution is -2.32. The van der Waals surface area contributed by atoms with Gasteiger partial charge in [-0.2, -0.15) is 0 Å². The molecular formula is C31H38N2O8. The fourth-order valence-electron chi connectivity index (χ4n) is 4.47. The number of esters is 2. The van der Waals surface area contributed by atoms with Crippen LogP contribution in [0.25, 0.3) is 0 Å². The maximum absolute atomic E-state index is 12.9. The molecule has 10 heteroatoms. The summed E-state index contributed by atoms with van der Waals surface area (Å²) in [5.41, 5.74) is 2.21. The Morgan fingerprint density at radius 2 is 1.59 bits per heavy atom. The monoisotopic (exact) mass is 566 g/mol. The summed E-state index contributed by atoms with van der Waals surface area (Å²) in [6.45, 7) is 4.77. The van der Waals surface area contributed by atoms with E-state index in [-0.39, 0.29) is 24.4 Å². The lowest BCUT2D eigenvalue weighted by atomic mass is 9.80. The van der Waals surface area contributed by atoms with Crippen LogP contribution in [0.3, 0.4) is 0 Å². The number of hydrogen-bond acceptors (Lipinski definition) is 10. The van der Waals surface area contributed by atoms with Crippen LogP contribution < -0.4 is 24.8 Å². The maximum Gasteiger partial charge on any atom is 0.336 e. The van der Waals surface area contributed by atoms with Crippen molar-refractivity contribution in [2.45, 2.75) is 25.9 Å². The van der Waals surface area contributed by atoms with Gasteiger partial charge in [0.1, 0.15) is 36.6 Å². The highest BCUT2D eigenvalue weighted by Crippen LogP contribution is 2.44. The molecule has 41 heavy (non-hydrogen) atoms. The summed E-state index contributed by atoms with van der Waals surface area (Å²) < 4.78 is 27.2. The minimum Gasteiger partial charge on any atom is -0.497 e. The van der Waals surface area contributed by atoms with E-state index >= 15 is 0 Å². The van der Waals surface area contributed by atoms with Gasteiger partial charge in [0.15, 0.2) is 0 Å². The third-order valence-electron chi connectivity index (χ3n) is 6.43. The molecule has 3 N–H and O–H groups in total. The number of para-hydroxylation sites is 1. The molecule has 0 saturated carbocycles. The van der Waals surface area contributed by atoms with Gasteiger partial charge in [0.25, 0.3) is 0 Å². The van der Waals surface area contributed by atoms with E-state index in [1.165, 1.54) is 21.3 Å². The van der Waals surface area contributed by atoms with Crippen molar-refractivity contribution in [3.8, 4) is 17.2 Å². The van der Waals surface area contributed by atoms with Gasteiger partial charge in [-0.05, 0) is 44.2 Å². The molecule has 1 aliphatic heterocycles. The Bertz CT molecular complexity index is 1250. The minimum absolute atomic E-state index is 0.184. The third kappa shape index (κ3) is 8.36. The number of ether oxygens (including phenoxy) is 5. The van der Waals surface area contributed by atoms with Crippen molar-refractivity contribution >= 4 is 11.9 Å². The van der Waals surface area contributed by atoms with Crippen molar-refractivity contribution in [2.24, 2.45) is 0 Å². The van der Waals surface area contributed by atoms with Crippen molar-refractivity contribution < 1.29 is 38.4 Å². The Kier molecular flexibility index (Phi) is 11.8. The predicted molar refractivity (Wildman–Crippen MR) is 154 cm³/mol. The first kappa shape index (κ1) is 31.3. The van der Waals surface area contributed by atoms with E-state index < -0.39 is 24.0 Å². The Balaban J connectivity index is 1.69. The van der Waals surface area contributed by atoms with Crippen LogP contribution >= 0.6 is 0 Å². The number of benzene rings is 2. The SMILES string of the molecule is COC(=O)C1=C(C)NC(C)=C(C(=O)OC)C1c1cc(OC)ccc1OC/C=C/CNC[C@H](O)COc1ccccc1. The zero-order valence-electron chi connectivity index (χ0n) is 24.1. The summed E-state index contributed by atoms with van der Waals surface area (Å²) >= 11 is 0. The average molecular weight is 567 g/mol. The normalized spacial score (nSPS) is 14.5. The van der Waals surface area contributed by atoms with E-state index in [0.717, 1.165) is 0 Å². The third-order valence-corrected chi connectivity index (χ3v) is 6.43. The Labute approximate surface area is 240 Å². The number of rotatable bonds is 14. The Morgan fingerprint density at radius 1 is 0.927 bits per heavy atom. The van der Waals surface area contributed by atoms with Crippen LogP contribution in [-0.2, 0) is 19.1 Å². The maximum atomic E-state index is 12.9. The molecule has 0 fully saturated rings. The molecule has 220 valence electrons. The van der Waals surface area contributed by atoms with E-state index in [2.05, 4.69) is 10.6 Å². The van der Waals surface area contributed by atoms with Gasteiger partial charge >= 0.3 is 11.9 Å². The molecule has 0 saturated heterocycles. The zero-order chi connectivity index (χ0) is 29.8. The van der Waals surface area contributed by atoms with Crippen LogP contribution in [0, 0.1) is 0 Å². The van der Waals surface area contributed by atoms with Crippen molar-refractivity contribution in [1.82, 2.24) is 10.6 Å². The molecule has 1 heterocycles. The molecule has 0 unspecified atom stereocenters. The summed E-state index contributed by atoms with van der Waals surface area (Å²) in [6, 6.07) is 14.5. The Morgan fingerprint density at radius 3 is 2.20 bits per heavy atom. The van der Waals surface area contributed by atoms with Gasteiger partial charge in [0.05, 0.1) is 38.4 Å². The standard InChI is InChI=1S/C31H38N2O8/c1-20-27(30(35)38-4)29(28(21(2)33-20)31(36)39-5)25-17-24(37-3)13-14-26(25)40-16-10-9-15-32-18-22(34)19-41-23-11-7-6-8-12-23/h6-14,17,22,29,32-34H,15-16,18-19H2,1-5H3/b10-9+/t22-/m0/s1. The van der Waals surface area contributed by atoms with Crippen LogP contribution in [-0.4, -0.2) is 70.8 Å². The molecule has 0 bridgehead atoms. The van der Waals surface area contributed by atoms with E-state index in [0.29, 0.717) is 47.3 Å². The number of allylic oxidation sites excluding steroid dienone is 2. The predicted octanol–water partition coefficient (Wildman–Crippen LogP) is 3.24. The molecule has 0 amide bonds. The van der Waals surface area contributed by atoms with Crippen LogP contribution in [0.2, 0.25) is 0 Å². The van der Waals surface area contributed by atoms with Gasteiger partial charge in [0, 0.05) is 30.0 Å². The van der Waals surface area contributed by atoms with Gasteiger partial charge in [-0.1, -0.05) is 30.4 Å². The van der Waals surface area contributed by atoms with E-state index in [9.17, 15) is 14.7 Å². The second-order valence-electron chi connectivity index (χ2n) is 9.24. The van der Waals surface area contributed by atoms with Gasteiger partial charge in [-0.25, -0.2) is 9.59 Å². The second kappa shape index (κ2) is 15.5. The quantitative estimate of drug-likeness (QED) is 0.178. The highest BCUT2D eigenvalue weighted by atomic mass is 16.5. The molecule has 0 aromatic heterocycles. The topological polar surface area (TPSA) is 125 Å². The summed E-state index contributed by atoms with van der Waals surface area (Å²) in [5.74, 6) is -0.266. The van der Waals surface area contributed by atoms with Crippen LogP contribution in [0.4, 0.5) is 0 Å². The molecule has 3 rings (SSSR count). The number of dihydropyridines is 1. The highest BCUT2D eigenvalue weighted by Gasteiger charge is 2.39. The lowest BCUT2D eigenvalue weighted by molar-refractivity contribution is -0.137. The fourth-order valence-corrected chi connectivity index (χ4v) is 4.47. The van der Waals surface area contributed by atoms with Crippen molar-refractivity contribution in [2.75, 3.05) is 47.6 Å². The van der Waals surface area contributed by atoms with Crippen molar-refractivity contribution in [3.63, 3.8) is 0 Å². The van der Waals surface area contributed by atoms with Gasteiger partial charge in [-0.15, -0.1) is 0 Å². The van der Waals surface area contributed by atoms with Crippen LogP contribution in [0.5, 0.6) is 17.2 Å². The number of nitrogens with one attached hydrogen (secondary N) is 2. The first-order valence-corrected chi connectivity index (χ1v) is 13.2. The van der Waals surface area contributed by atoms with Crippen molar-refractivity contribution in [1.29, 1.82) is 0 Å². The average Bonchev–Trinajstić information content (AvgIpc) is 2.99. The molecule has 1 atom stereocenters. The molecule has 2 aromatic rings. The largest absolute Gasteiger partial charge is 0.497 e. The zero-order valence-corrected chi connectivity index (χ0v) is 24.1. The molecule has 2 aromatic carbocycles. The number of aliphatic hydroxyl groups excluding tert-OH is 1. The smallest absolute Gasteiger partial charge is 0.336 e. The first-order chi connectivity index (χ1) is 19.8. The van der Waals surface area contributed by atoms with Gasteiger partial charge in [0.2, 0.25) is 0 Å². The lowest BCUT2D eigenvalue weighted by Gasteiger charge is -2.31. The second-order valence-corrected chi connectivity index (χ2v) is 9.24. The highest BCUT2D eigenvalue weighted by molar-refractivity contribution is 6.00. The molecule has 10 nitrogen and oxygen atoms in total. The van der Waals surface area contributed by atoms with Gasteiger partial charge in [-0.3, -0.25) is 0 Å². The number of aliphatic hydroxyl groups is 1. The summed E-state index contributed by atoms with van der Waals surface area (Å²) in [7, 11) is 4.12. The molecule has 0 aliphatic carbocycles. The number of carbonyl (C=O) groups is 2. The summed E-state index contributed by atoms with van der Waals surface area (Å²) in [6.07, 6.45) is 3.06. The number of carbonyl (C=O) groups excluding carboxylic acids is 2. The van der Waals surface area contributed by atoms with Crippen LogP contribution in [0.15, 0.2) is 83.2 Å². The summed E-state index contributed by atoms with van der Waals surface area (Å²) in [4.78, 5) is 25.8. The summed E-state index contributed by atoms with van der Waals surface area (Å²) in [5, 5.41) is 16.4. The fraction of sp³-hybridized carbons (Fsp3) is 0.355. The molecular weight excluding hydrogens is 528 g/mol. The van der Waals surface area contributed by atoms with Gasteiger partial charge < -0.3 is 39.4 Å².